The molecule has 0 aliphatic carbocycles. The summed E-state index contributed by atoms with van der Waals surface area (Å²) in [4.78, 5) is 138. The van der Waals surface area contributed by atoms with Crippen LogP contribution < -0.4 is 100 Å². The van der Waals surface area contributed by atoms with E-state index in [1.54, 1.807) is 27.7 Å². The molecule has 0 aromatic rings. The van der Waals surface area contributed by atoms with Crippen LogP contribution in [0, 0.1) is 11.8 Å². The number of carboxylic acids is 1. The summed E-state index contributed by atoms with van der Waals surface area (Å²) in [6, 6.07) is -10.7. The first-order chi connectivity index (χ1) is 37.1. The van der Waals surface area contributed by atoms with Crippen LogP contribution in [0.4, 0.5) is 0 Å². The Morgan fingerprint density at radius 2 is 0.772 bits per heavy atom. The van der Waals surface area contributed by atoms with Gasteiger partial charge in [-0.1, -0.05) is 40.5 Å². The largest absolute Gasteiger partial charge is 0.480 e. The fourth-order valence-corrected chi connectivity index (χ4v) is 7.56. The van der Waals surface area contributed by atoms with Gasteiger partial charge >= 0.3 is 5.97 Å². The second-order valence-corrected chi connectivity index (χ2v) is 19.4. The van der Waals surface area contributed by atoms with Gasteiger partial charge in [0.25, 0.3) is 0 Å². The van der Waals surface area contributed by atoms with Gasteiger partial charge in [0.05, 0.1) is 6.04 Å². The lowest BCUT2D eigenvalue weighted by Gasteiger charge is -2.29. The van der Waals surface area contributed by atoms with E-state index in [0.717, 1.165) is 0 Å². The molecule has 0 saturated carbocycles. The smallest absolute Gasteiger partial charge is 0.326 e. The van der Waals surface area contributed by atoms with E-state index < -0.39 is 120 Å². The standard InChI is InChI=1S/C47H92N22O10/c1-5-26(4)35(69-40(75)30(15-10-22-61-46(55)56)63-36(71)27(49)12-6-7-19-48)42(77)66-29(14-9-21-60-45(53)54)37(72)65-31(17-18-34(50)70)39(74)64-28(13-8-20-59-44(51)52)38(73)68-33(24-25(2)3)41(76)67-32(43(78)79)16-11-23-62-47(57)58/h25-33,35H,5-24,48-49H2,1-4H3,(H2,50,70)(H,63,71)(H,64,74)(H,65,72)(H,66,77)(H,67,76)(H,68,73)(H,69,75)(H,78,79)(H4,51,52,59)(H4,53,54,60)(H4,55,56,61)(H4,57,58,62)/t26-,27-,28-,29-,30-,31-,32-,33-,35-/m0/s1. The molecule has 450 valence electrons. The van der Waals surface area contributed by atoms with Crippen molar-refractivity contribution in [3.63, 3.8) is 0 Å². The maximum atomic E-state index is 14.4. The Morgan fingerprint density at radius 1 is 0.430 bits per heavy atom. The summed E-state index contributed by atoms with van der Waals surface area (Å²) in [5.41, 5.74) is 60.9. The zero-order valence-corrected chi connectivity index (χ0v) is 46.2. The molecular formula is C47H92N22O10. The first-order valence-corrected chi connectivity index (χ1v) is 26.4. The van der Waals surface area contributed by atoms with Gasteiger partial charge in [0.2, 0.25) is 47.3 Å². The number of nitrogens with one attached hydrogen (secondary N) is 7. The number of carbonyl (C=O) groups is 9. The minimum Gasteiger partial charge on any atom is -0.480 e. The highest BCUT2D eigenvalue weighted by Gasteiger charge is 2.36. The number of nitrogens with two attached hydrogens (primary N) is 11. The van der Waals surface area contributed by atoms with E-state index in [9.17, 15) is 48.3 Å². The minimum atomic E-state index is -1.59. The molecule has 8 amide bonds. The molecule has 30 N–H and O–H groups in total. The van der Waals surface area contributed by atoms with Gasteiger partial charge in [-0.25, -0.2) is 4.79 Å². The lowest BCUT2D eigenvalue weighted by Crippen LogP contribution is -2.61. The number of unbranched alkanes of at least 4 members (excludes halogenated alkanes) is 1. The number of carboxylic acid groups (broad SMARTS) is 1. The summed E-state index contributed by atoms with van der Waals surface area (Å²) in [6.45, 7) is 7.55. The quantitative estimate of drug-likeness (QED) is 0.0154. The third-order valence-electron chi connectivity index (χ3n) is 12.0. The molecule has 0 bridgehead atoms. The molecule has 0 spiro atoms. The van der Waals surface area contributed by atoms with E-state index in [1.807, 2.05) is 0 Å². The van der Waals surface area contributed by atoms with Crippen LogP contribution in [0.25, 0.3) is 0 Å². The first kappa shape index (κ1) is 71.2. The SMILES string of the molecule is CC[C@H](C)[C@H](NC(=O)[C@H](CCCN=C(N)N)NC(=O)[C@@H](N)CCCCN)C(=O)N[C@@H](CCCN=C(N)N)C(=O)N[C@@H](CCC(N)=O)C(=O)N[C@@H](CCCN=C(N)N)C(=O)N[C@@H](CC(C)C)C(=O)N[C@@H](CCCN=C(N)N)C(=O)O. The zero-order chi connectivity index (χ0) is 60.2. The lowest BCUT2D eigenvalue weighted by molar-refractivity contribution is -0.142. The molecule has 0 heterocycles. The van der Waals surface area contributed by atoms with Crippen molar-refractivity contribution in [2.45, 2.75) is 172 Å². The number of aliphatic imine (C=N–C) groups is 4. The number of primary amides is 1. The number of rotatable bonds is 42. The molecule has 0 radical (unpaired) electrons. The summed E-state index contributed by atoms with van der Waals surface area (Å²) in [5.74, 6) is -9.73. The molecule has 0 aromatic carbocycles. The maximum Gasteiger partial charge on any atom is 0.326 e. The van der Waals surface area contributed by atoms with Crippen LogP contribution in [-0.2, 0) is 43.2 Å². The summed E-state index contributed by atoms with van der Waals surface area (Å²) >= 11 is 0. The van der Waals surface area contributed by atoms with Crippen LogP contribution in [0.2, 0.25) is 0 Å². The van der Waals surface area contributed by atoms with E-state index >= 15 is 0 Å². The van der Waals surface area contributed by atoms with Gasteiger partial charge in [-0.15, -0.1) is 0 Å². The molecule has 0 fully saturated rings. The minimum absolute atomic E-state index is 0.00227. The van der Waals surface area contributed by atoms with Crippen LogP contribution in [0.15, 0.2) is 20.0 Å². The number of guanidine groups is 4. The molecule has 32 nitrogen and oxygen atoms in total. The van der Waals surface area contributed by atoms with Gasteiger partial charge < -0.3 is 105 Å². The van der Waals surface area contributed by atoms with Crippen molar-refractivity contribution >= 4 is 77.1 Å². The first-order valence-electron chi connectivity index (χ1n) is 26.4. The van der Waals surface area contributed by atoms with E-state index in [0.29, 0.717) is 32.2 Å². The Bertz CT molecular complexity index is 2080. The third kappa shape index (κ3) is 32.5. The summed E-state index contributed by atoms with van der Waals surface area (Å²) in [6.07, 6.45) is 1.32. The van der Waals surface area contributed by atoms with Crippen molar-refractivity contribution in [3.8, 4) is 0 Å². The Balaban J connectivity index is 7.07. The summed E-state index contributed by atoms with van der Waals surface area (Å²) < 4.78 is 0. The molecule has 0 aliphatic rings. The van der Waals surface area contributed by atoms with Crippen molar-refractivity contribution in [3.05, 3.63) is 0 Å². The maximum absolute atomic E-state index is 14.4. The second-order valence-electron chi connectivity index (χ2n) is 19.4. The highest BCUT2D eigenvalue weighted by atomic mass is 16.4. The van der Waals surface area contributed by atoms with Crippen molar-refractivity contribution in [1.29, 1.82) is 0 Å². The van der Waals surface area contributed by atoms with Crippen molar-refractivity contribution < 1.29 is 48.3 Å². The molecule has 0 aliphatic heterocycles. The van der Waals surface area contributed by atoms with Gasteiger partial charge in [-0.2, -0.15) is 0 Å². The average molecular weight is 1130 g/mol. The highest BCUT2D eigenvalue weighted by molar-refractivity contribution is 5.98. The van der Waals surface area contributed by atoms with Crippen LogP contribution in [0.3, 0.4) is 0 Å². The summed E-state index contributed by atoms with van der Waals surface area (Å²) in [5, 5.41) is 28.1. The van der Waals surface area contributed by atoms with E-state index in [2.05, 4.69) is 57.2 Å². The Morgan fingerprint density at radius 3 is 1.14 bits per heavy atom. The van der Waals surface area contributed by atoms with Crippen LogP contribution in [0.5, 0.6) is 0 Å². The van der Waals surface area contributed by atoms with Crippen molar-refractivity contribution in [2.75, 3.05) is 32.7 Å². The monoisotopic (exact) mass is 1120 g/mol. The normalized spacial score (nSPS) is 14.3. The number of carbonyl (C=O) groups excluding carboxylic acids is 8. The van der Waals surface area contributed by atoms with Crippen molar-refractivity contribution in [1.82, 2.24) is 37.2 Å². The van der Waals surface area contributed by atoms with E-state index in [-0.39, 0.29) is 114 Å². The van der Waals surface area contributed by atoms with Crippen LogP contribution in [0.1, 0.15) is 124 Å². The lowest BCUT2D eigenvalue weighted by atomic mass is 9.96. The fourth-order valence-electron chi connectivity index (χ4n) is 7.56. The number of aliphatic carboxylic acids is 1. The number of nitrogens with zero attached hydrogens (tertiary/aromatic N) is 4. The van der Waals surface area contributed by atoms with E-state index in [4.69, 9.17) is 63.1 Å². The number of hydrogen-bond donors (Lipinski definition) is 19. The molecule has 0 unspecified atom stereocenters. The molecular weight excluding hydrogens is 1030 g/mol. The molecule has 32 heteroatoms. The molecule has 0 aromatic heterocycles. The van der Waals surface area contributed by atoms with Gasteiger partial charge in [0.1, 0.15) is 42.3 Å². The van der Waals surface area contributed by atoms with Crippen molar-refractivity contribution in [2.24, 2.45) is 94.9 Å². The van der Waals surface area contributed by atoms with Crippen LogP contribution in [-0.4, -0.2) is 163 Å². The summed E-state index contributed by atoms with van der Waals surface area (Å²) in [7, 11) is 0. The second kappa shape index (κ2) is 39.6. The van der Waals surface area contributed by atoms with Gasteiger partial charge in [-0.3, -0.25) is 58.3 Å². The van der Waals surface area contributed by atoms with Gasteiger partial charge in [0.15, 0.2) is 23.8 Å². The number of hydrogen-bond acceptors (Lipinski definition) is 15. The highest BCUT2D eigenvalue weighted by Crippen LogP contribution is 2.14. The zero-order valence-electron chi connectivity index (χ0n) is 46.2. The average Bonchev–Trinajstić information content (AvgIpc) is 3.36. The number of amides is 8. The fraction of sp³-hybridized carbons (Fsp3) is 0.723. The molecule has 0 saturated heterocycles. The third-order valence-corrected chi connectivity index (χ3v) is 12.0. The Hall–Kier alpha value is -7.77. The Kier molecular flexibility index (Phi) is 35.7. The Labute approximate surface area is 461 Å². The molecule has 79 heavy (non-hydrogen) atoms. The predicted octanol–water partition coefficient (Wildman–Crippen LogP) is -6.51. The van der Waals surface area contributed by atoms with Crippen LogP contribution >= 0.6 is 0 Å². The van der Waals surface area contributed by atoms with Gasteiger partial charge in [-0.05, 0) is 95.4 Å². The molecule has 0 rings (SSSR count). The van der Waals surface area contributed by atoms with E-state index in [1.165, 1.54) is 0 Å². The van der Waals surface area contributed by atoms with Gasteiger partial charge in [0, 0.05) is 32.6 Å². The predicted molar refractivity (Wildman–Crippen MR) is 299 cm³/mol. The topological polar surface area (TPSA) is 594 Å². The molecule has 9 atom stereocenters.